The molecule has 0 saturated heterocycles. The molecular weight excluding hydrogens is 266 g/mol. The van der Waals surface area contributed by atoms with Crippen molar-refractivity contribution < 1.29 is 9.53 Å². The summed E-state index contributed by atoms with van der Waals surface area (Å²) in [6, 6.07) is 15.4. The Morgan fingerprint density at radius 2 is 1.86 bits per heavy atom. The molecule has 0 aliphatic carbocycles. The Labute approximate surface area is 120 Å². The van der Waals surface area contributed by atoms with Gasteiger partial charge in [-0.25, -0.2) is 14.8 Å². The van der Waals surface area contributed by atoms with E-state index in [-0.39, 0.29) is 0 Å². The molecule has 0 unspecified atom stereocenters. The van der Waals surface area contributed by atoms with Gasteiger partial charge in [0.15, 0.2) is 11.3 Å². The second kappa shape index (κ2) is 4.28. The Hall–Kier alpha value is -2.95. The lowest BCUT2D eigenvalue weighted by Crippen LogP contribution is -2.02. The summed E-state index contributed by atoms with van der Waals surface area (Å²) in [5, 5.41) is 0. The molecule has 3 aromatic heterocycles. The topological polar surface area (TPSA) is 56.5 Å². The number of nitrogens with zero attached hydrogens (tertiary/aromatic N) is 3. The van der Waals surface area contributed by atoms with Gasteiger partial charge in [-0.3, -0.25) is 4.40 Å². The van der Waals surface area contributed by atoms with Crippen molar-refractivity contribution in [1.82, 2.24) is 14.4 Å². The summed E-state index contributed by atoms with van der Waals surface area (Å²) < 4.78 is 6.69. The number of ether oxygens (including phenoxy) is 1. The van der Waals surface area contributed by atoms with Crippen LogP contribution >= 0.6 is 0 Å². The summed E-state index contributed by atoms with van der Waals surface area (Å²) in [5.41, 5.74) is 4.21. The molecule has 4 aromatic rings. The molecule has 0 fully saturated rings. The maximum Gasteiger partial charge on any atom is 0.358 e. The van der Waals surface area contributed by atoms with Crippen molar-refractivity contribution in [1.29, 1.82) is 0 Å². The first-order chi connectivity index (χ1) is 10.3. The molecule has 0 atom stereocenters. The van der Waals surface area contributed by atoms with Crippen molar-refractivity contribution in [2.24, 2.45) is 0 Å². The molecule has 102 valence electrons. The van der Waals surface area contributed by atoms with E-state index in [4.69, 9.17) is 4.74 Å². The number of carbonyl (C=O) groups excluding carboxylic acids is 1. The van der Waals surface area contributed by atoms with Crippen LogP contribution in [0.25, 0.3) is 28.1 Å². The summed E-state index contributed by atoms with van der Waals surface area (Å²) in [6.07, 6.45) is 0. The van der Waals surface area contributed by atoms with Crippen LogP contribution in [0.15, 0.2) is 48.5 Å². The zero-order chi connectivity index (χ0) is 14.4. The maximum absolute atomic E-state index is 11.9. The van der Waals surface area contributed by atoms with Crippen molar-refractivity contribution in [2.45, 2.75) is 0 Å². The first-order valence-corrected chi connectivity index (χ1v) is 6.54. The van der Waals surface area contributed by atoms with Crippen LogP contribution in [0.5, 0.6) is 0 Å². The first kappa shape index (κ1) is 11.8. The average Bonchev–Trinajstić information content (AvgIpc) is 3.10. The minimum Gasteiger partial charge on any atom is -0.464 e. The Morgan fingerprint density at radius 1 is 1.05 bits per heavy atom. The van der Waals surface area contributed by atoms with Crippen LogP contribution in [0.2, 0.25) is 0 Å². The fraction of sp³-hybridized carbons (Fsp3) is 0.0625. The Kier molecular flexibility index (Phi) is 2.41. The lowest BCUT2D eigenvalue weighted by atomic mass is 10.2. The van der Waals surface area contributed by atoms with E-state index >= 15 is 0 Å². The van der Waals surface area contributed by atoms with Crippen molar-refractivity contribution in [2.75, 3.05) is 7.11 Å². The predicted molar refractivity (Wildman–Crippen MR) is 78.5 cm³/mol. The molecule has 1 aromatic carbocycles. The number of rotatable bonds is 2. The van der Waals surface area contributed by atoms with Gasteiger partial charge in [-0.05, 0) is 12.1 Å². The zero-order valence-electron chi connectivity index (χ0n) is 11.3. The third-order valence-electron chi connectivity index (χ3n) is 3.51. The van der Waals surface area contributed by atoms with E-state index in [0.29, 0.717) is 16.9 Å². The quantitative estimate of drug-likeness (QED) is 0.529. The molecule has 3 heterocycles. The Bertz CT molecular complexity index is 944. The van der Waals surface area contributed by atoms with Crippen molar-refractivity contribution in [3.63, 3.8) is 0 Å². The lowest BCUT2D eigenvalue weighted by molar-refractivity contribution is 0.0597. The summed E-state index contributed by atoms with van der Waals surface area (Å²) in [7, 11) is 1.36. The highest BCUT2D eigenvalue weighted by Crippen LogP contribution is 2.28. The van der Waals surface area contributed by atoms with Crippen LogP contribution in [0.1, 0.15) is 10.5 Å². The number of benzene rings is 1. The minimum atomic E-state index is -0.440. The highest BCUT2D eigenvalue weighted by atomic mass is 16.5. The SMILES string of the molecule is COC(=O)c1nc2c(-c3ccccc3)nc3cccc1n32. The average molecular weight is 277 g/mol. The smallest absolute Gasteiger partial charge is 0.358 e. The third-order valence-corrected chi connectivity index (χ3v) is 3.51. The van der Waals surface area contributed by atoms with Gasteiger partial charge in [0.05, 0.1) is 12.6 Å². The number of hydrogen-bond donors (Lipinski definition) is 0. The predicted octanol–water partition coefficient (Wildman–Crippen LogP) is 2.77. The number of methoxy groups -OCH3 is 1. The van der Waals surface area contributed by atoms with Gasteiger partial charge in [-0.1, -0.05) is 36.4 Å². The van der Waals surface area contributed by atoms with Crippen LogP contribution < -0.4 is 0 Å². The summed E-state index contributed by atoms with van der Waals surface area (Å²) in [5.74, 6) is -0.440. The van der Waals surface area contributed by atoms with Gasteiger partial charge in [-0.15, -0.1) is 0 Å². The van der Waals surface area contributed by atoms with Crippen molar-refractivity contribution in [3.05, 3.63) is 54.2 Å². The Balaban J connectivity index is 2.09. The molecule has 0 N–H and O–H groups in total. The first-order valence-electron chi connectivity index (χ1n) is 6.54. The number of carbonyl (C=O) groups is 1. The number of hydrogen-bond acceptors (Lipinski definition) is 4. The third kappa shape index (κ3) is 1.61. The highest BCUT2D eigenvalue weighted by Gasteiger charge is 2.22. The molecule has 0 amide bonds. The summed E-state index contributed by atoms with van der Waals surface area (Å²) in [6.45, 7) is 0. The zero-order valence-corrected chi connectivity index (χ0v) is 11.3. The molecular formula is C16H11N3O2. The highest BCUT2D eigenvalue weighted by molar-refractivity contribution is 5.99. The minimum absolute atomic E-state index is 0.317. The largest absolute Gasteiger partial charge is 0.464 e. The van der Waals surface area contributed by atoms with E-state index in [1.807, 2.05) is 52.9 Å². The molecule has 0 aliphatic rings. The van der Waals surface area contributed by atoms with Crippen molar-refractivity contribution >= 4 is 22.8 Å². The molecule has 0 aliphatic heterocycles. The second-order valence-electron chi connectivity index (χ2n) is 4.71. The molecule has 0 saturated carbocycles. The number of aromatic nitrogens is 3. The molecule has 4 rings (SSSR count). The van der Waals surface area contributed by atoms with E-state index in [9.17, 15) is 4.79 Å². The fourth-order valence-corrected chi connectivity index (χ4v) is 2.57. The van der Waals surface area contributed by atoms with Gasteiger partial charge in [0.2, 0.25) is 0 Å². The number of pyridine rings is 1. The molecule has 0 bridgehead atoms. The van der Waals surface area contributed by atoms with E-state index < -0.39 is 5.97 Å². The van der Waals surface area contributed by atoms with E-state index in [1.165, 1.54) is 7.11 Å². The molecule has 21 heavy (non-hydrogen) atoms. The van der Waals surface area contributed by atoms with Gasteiger partial charge in [0.25, 0.3) is 0 Å². The van der Waals surface area contributed by atoms with Gasteiger partial charge in [0.1, 0.15) is 11.3 Å². The normalized spacial score (nSPS) is 11.3. The summed E-state index contributed by atoms with van der Waals surface area (Å²) in [4.78, 5) is 20.9. The van der Waals surface area contributed by atoms with Crippen LogP contribution in [0, 0.1) is 0 Å². The fourth-order valence-electron chi connectivity index (χ4n) is 2.57. The Morgan fingerprint density at radius 3 is 2.62 bits per heavy atom. The second-order valence-corrected chi connectivity index (χ2v) is 4.71. The molecule has 0 radical (unpaired) electrons. The van der Waals surface area contributed by atoms with E-state index in [0.717, 1.165) is 16.9 Å². The van der Waals surface area contributed by atoms with Crippen LogP contribution in [0.3, 0.4) is 0 Å². The van der Waals surface area contributed by atoms with Gasteiger partial charge in [-0.2, -0.15) is 0 Å². The number of imidazole rings is 2. The molecule has 5 heteroatoms. The van der Waals surface area contributed by atoms with Crippen molar-refractivity contribution in [3.8, 4) is 11.3 Å². The van der Waals surface area contributed by atoms with Crippen LogP contribution in [-0.4, -0.2) is 27.4 Å². The monoisotopic (exact) mass is 277 g/mol. The molecule has 5 nitrogen and oxygen atoms in total. The van der Waals surface area contributed by atoms with E-state index in [1.54, 1.807) is 0 Å². The van der Waals surface area contributed by atoms with Crippen LogP contribution in [0.4, 0.5) is 0 Å². The standard InChI is InChI=1S/C16H11N3O2/c1-21-16(20)14-11-8-5-9-12-17-13(15(18-14)19(11)12)10-6-3-2-4-7-10/h2-9H,1H3. The summed E-state index contributed by atoms with van der Waals surface area (Å²) >= 11 is 0. The van der Waals surface area contributed by atoms with Gasteiger partial charge >= 0.3 is 5.97 Å². The maximum atomic E-state index is 11.9. The van der Waals surface area contributed by atoms with Gasteiger partial charge < -0.3 is 4.74 Å². The molecule has 0 spiro atoms. The number of esters is 1. The lowest BCUT2D eigenvalue weighted by Gasteiger charge is -1.96. The van der Waals surface area contributed by atoms with Crippen LogP contribution in [-0.2, 0) is 4.74 Å². The van der Waals surface area contributed by atoms with E-state index in [2.05, 4.69) is 9.97 Å². The van der Waals surface area contributed by atoms with Gasteiger partial charge in [0, 0.05) is 5.56 Å².